The van der Waals surface area contributed by atoms with Crippen molar-refractivity contribution in [3.05, 3.63) is 224 Å². The second-order valence-electron chi connectivity index (χ2n) is 18.4. The van der Waals surface area contributed by atoms with E-state index in [-0.39, 0.29) is 6.85 Å². The van der Waals surface area contributed by atoms with Crippen LogP contribution < -0.4 is 10.9 Å². The molecule has 66 heavy (non-hydrogen) atoms. The topological polar surface area (TPSA) is 9.86 Å². The summed E-state index contributed by atoms with van der Waals surface area (Å²) in [5.74, 6) is 0. The van der Waals surface area contributed by atoms with E-state index in [1.165, 1.54) is 143 Å². The molecule has 15 rings (SSSR count). The number of rotatable bonds is 5. The molecular formula is C63H39BN2. The van der Waals surface area contributed by atoms with Gasteiger partial charge in [0.15, 0.2) is 0 Å². The molecule has 0 fully saturated rings. The van der Waals surface area contributed by atoms with Crippen molar-refractivity contribution in [3.63, 3.8) is 0 Å². The molecule has 2 nitrogen and oxygen atoms in total. The van der Waals surface area contributed by atoms with Crippen LogP contribution in [0.2, 0.25) is 0 Å². The molecule has 13 aromatic rings. The number of para-hydroxylation sites is 2. The number of hydrogen-bond donors (Lipinski definition) is 0. The third-order valence-electron chi connectivity index (χ3n) is 15.0. The molecule has 0 aliphatic carbocycles. The Morgan fingerprint density at radius 3 is 1.61 bits per heavy atom. The molecule has 0 spiro atoms. The molecule has 0 saturated heterocycles. The van der Waals surface area contributed by atoms with Crippen molar-refractivity contribution in [2.45, 2.75) is 6.92 Å². The zero-order chi connectivity index (χ0) is 43.2. The maximum absolute atomic E-state index is 2.71. The smallest absolute Gasteiger partial charge is 0.333 e. The predicted molar refractivity (Wildman–Crippen MR) is 280 cm³/mol. The monoisotopic (exact) mass is 834 g/mol. The van der Waals surface area contributed by atoms with Gasteiger partial charge in [-0.2, -0.15) is 0 Å². The second-order valence-corrected chi connectivity index (χ2v) is 18.4. The number of nitrogens with zero attached hydrogens (tertiary/aromatic N) is 2. The molecule has 0 unspecified atom stereocenters. The van der Waals surface area contributed by atoms with Crippen molar-refractivity contribution in [1.82, 2.24) is 9.05 Å². The number of aromatic nitrogens is 2. The molecule has 4 heterocycles. The minimum absolute atomic E-state index is 0.0631. The first-order valence-electron chi connectivity index (χ1n) is 23.1. The number of fused-ring (bicyclic) bond motifs is 8. The molecule has 0 atom stereocenters. The van der Waals surface area contributed by atoms with Crippen LogP contribution in [0.1, 0.15) is 5.56 Å². The Labute approximate surface area is 382 Å². The van der Waals surface area contributed by atoms with E-state index in [2.05, 4.69) is 234 Å². The zero-order valence-corrected chi connectivity index (χ0v) is 36.3. The van der Waals surface area contributed by atoms with Crippen LogP contribution in [0, 0.1) is 6.92 Å². The van der Waals surface area contributed by atoms with Crippen molar-refractivity contribution in [3.8, 4) is 72.4 Å². The summed E-state index contributed by atoms with van der Waals surface area (Å²) >= 11 is 0. The minimum Gasteiger partial charge on any atom is -0.375 e. The lowest BCUT2D eigenvalue weighted by atomic mass is 9.45. The van der Waals surface area contributed by atoms with Crippen molar-refractivity contribution >= 4 is 72.2 Å². The first-order chi connectivity index (χ1) is 32.7. The van der Waals surface area contributed by atoms with E-state index >= 15 is 0 Å². The van der Waals surface area contributed by atoms with Crippen LogP contribution in [-0.4, -0.2) is 15.9 Å². The fraction of sp³-hybridized carbons (Fsp3) is 0.0159. The van der Waals surface area contributed by atoms with Crippen molar-refractivity contribution in [2.75, 3.05) is 0 Å². The fourth-order valence-corrected chi connectivity index (χ4v) is 12.3. The molecule has 0 amide bonds. The van der Waals surface area contributed by atoms with E-state index in [1.54, 1.807) is 0 Å². The van der Waals surface area contributed by atoms with Crippen molar-refractivity contribution in [2.24, 2.45) is 0 Å². The molecule has 2 aliphatic rings. The SMILES string of the molecule is Cc1c(-c2cc(-c3ccccc3)cc(-c3ccccc3)c2)cc2c3c1-c1cccc4c5ccccc5n(c14)B3c1cc(-c3ccccc3)c3ccc4c(-c5ccccc5)ccc5c4c3c1n5-2. The van der Waals surface area contributed by atoms with Gasteiger partial charge in [-0.1, -0.05) is 182 Å². The van der Waals surface area contributed by atoms with Gasteiger partial charge in [0.1, 0.15) is 0 Å². The summed E-state index contributed by atoms with van der Waals surface area (Å²) in [7, 11) is 0. The largest absolute Gasteiger partial charge is 0.375 e. The van der Waals surface area contributed by atoms with Crippen molar-refractivity contribution in [1.29, 1.82) is 0 Å². The highest BCUT2D eigenvalue weighted by molar-refractivity contribution is 6.90. The summed E-state index contributed by atoms with van der Waals surface area (Å²) < 4.78 is 5.37. The van der Waals surface area contributed by atoms with Crippen LogP contribution in [0.15, 0.2) is 218 Å². The van der Waals surface area contributed by atoms with E-state index in [1.807, 2.05) is 0 Å². The Balaban J connectivity index is 1.14. The molecule has 2 aliphatic heterocycles. The highest BCUT2D eigenvalue weighted by Crippen LogP contribution is 2.50. The standard InChI is InChI=1S/C63H39BN2/c1-38-52(45-34-43(39-17-6-2-7-18-39)33-44(35-45)40-19-8-3-9-20-40)37-57-61-58(38)51-27-16-26-50-47-25-14-15-28-55(47)66(62(50)51)64(61)54-36-53(42-23-12-5-13-24-42)49-30-29-48-46(41-21-10-4-11-22-41)31-32-56-59(48)60(49)63(54)65(56)57/h2-37H,1H3. The average Bonchev–Trinajstić information content (AvgIpc) is 3.92. The van der Waals surface area contributed by atoms with E-state index in [4.69, 9.17) is 0 Å². The van der Waals surface area contributed by atoms with E-state index in [0.29, 0.717) is 0 Å². The Morgan fingerprint density at radius 2 is 0.924 bits per heavy atom. The van der Waals surface area contributed by atoms with Gasteiger partial charge in [-0.15, -0.1) is 0 Å². The van der Waals surface area contributed by atoms with Crippen LogP contribution in [0.5, 0.6) is 0 Å². The number of benzene rings is 11. The highest BCUT2D eigenvalue weighted by Gasteiger charge is 2.43. The lowest BCUT2D eigenvalue weighted by Crippen LogP contribution is -2.55. The lowest BCUT2D eigenvalue weighted by molar-refractivity contribution is 1.17. The van der Waals surface area contributed by atoms with Crippen molar-refractivity contribution < 1.29 is 0 Å². The molecule has 11 aromatic carbocycles. The van der Waals surface area contributed by atoms with Gasteiger partial charge < -0.3 is 9.05 Å². The number of hydrogen-bond acceptors (Lipinski definition) is 0. The maximum atomic E-state index is 2.71. The first-order valence-corrected chi connectivity index (χ1v) is 23.1. The quantitative estimate of drug-likeness (QED) is 0.121. The molecule has 2 aromatic heterocycles. The Kier molecular flexibility index (Phi) is 7.27. The predicted octanol–water partition coefficient (Wildman–Crippen LogP) is 15.1. The molecule has 0 radical (unpaired) electrons. The second kappa shape index (κ2) is 13.3. The highest BCUT2D eigenvalue weighted by atomic mass is 15.0. The van der Waals surface area contributed by atoms with Gasteiger partial charge in [-0.3, -0.25) is 0 Å². The van der Waals surface area contributed by atoms with Crippen LogP contribution in [0.3, 0.4) is 0 Å². The van der Waals surface area contributed by atoms with Gasteiger partial charge in [0.2, 0.25) is 0 Å². The molecular weight excluding hydrogens is 796 g/mol. The van der Waals surface area contributed by atoms with Crippen LogP contribution in [0.4, 0.5) is 0 Å². The minimum atomic E-state index is -0.0631. The Morgan fingerprint density at radius 1 is 0.348 bits per heavy atom. The summed E-state index contributed by atoms with van der Waals surface area (Å²) in [5, 5.41) is 7.85. The van der Waals surface area contributed by atoms with Crippen LogP contribution in [0.25, 0.3) is 127 Å². The first kappa shape index (κ1) is 36.0. The summed E-state index contributed by atoms with van der Waals surface area (Å²) in [6.07, 6.45) is 0. The summed E-state index contributed by atoms with van der Waals surface area (Å²) in [4.78, 5) is 0. The van der Waals surface area contributed by atoms with Gasteiger partial charge in [-0.05, 0) is 132 Å². The maximum Gasteiger partial charge on any atom is 0.333 e. The summed E-state index contributed by atoms with van der Waals surface area (Å²) in [5.41, 5.74) is 25.4. The van der Waals surface area contributed by atoms with Gasteiger partial charge >= 0.3 is 6.85 Å². The van der Waals surface area contributed by atoms with Crippen LogP contribution in [-0.2, 0) is 0 Å². The molecule has 0 saturated carbocycles. The lowest BCUT2D eigenvalue weighted by Gasteiger charge is -2.36. The van der Waals surface area contributed by atoms with E-state index < -0.39 is 0 Å². The summed E-state index contributed by atoms with van der Waals surface area (Å²) in [6, 6.07) is 81.7. The molecule has 3 heteroatoms. The van der Waals surface area contributed by atoms with Gasteiger partial charge in [0.25, 0.3) is 0 Å². The van der Waals surface area contributed by atoms with Gasteiger partial charge in [-0.25, -0.2) is 0 Å². The fourth-order valence-electron chi connectivity index (χ4n) is 12.3. The van der Waals surface area contributed by atoms with E-state index in [9.17, 15) is 0 Å². The molecule has 304 valence electrons. The zero-order valence-electron chi connectivity index (χ0n) is 36.3. The Bertz CT molecular complexity index is 4090. The summed E-state index contributed by atoms with van der Waals surface area (Å²) in [6.45, 7) is 2.32. The third-order valence-corrected chi connectivity index (χ3v) is 15.0. The average molecular weight is 835 g/mol. The van der Waals surface area contributed by atoms with Gasteiger partial charge in [0, 0.05) is 43.8 Å². The van der Waals surface area contributed by atoms with Gasteiger partial charge in [0.05, 0.1) is 11.0 Å². The normalized spacial score (nSPS) is 12.6. The van der Waals surface area contributed by atoms with E-state index in [0.717, 1.165) is 0 Å². The Hall–Kier alpha value is -8.40. The molecule has 0 bridgehead atoms. The van der Waals surface area contributed by atoms with Crippen LogP contribution >= 0.6 is 0 Å². The third kappa shape index (κ3) is 4.76. The molecule has 0 N–H and O–H groups in total.